The molecule has 0 bridgehead atoms. The molecule has 2 atom stereocenters. The van der Waals surface area contributed by atoms with Gasteiger partial charge in [0.1, 0.15) is 11.5 Å². The van der Waals surface area contributed by atoms with Crippen molar-refractivity contribution in [3.8, 4) is 0 Å². The van der Waals surface area contributed by atoms with Crippen LogP contribution in [-0.4, -0.2) is 0 Å². The molecule has 0 aromatic rings. The molecule has 0 saturated heterocycles. The minimum atomic E-state index is 0.205. The van der Waals surface area contributed by atoms with Crippen molar-refractivity contribution in [1.82, 2.24) is 0 Å². The first-order valence-corrected chi connectivity index (χ1v) is 8.97. The Balaban J connectivity index is 2.20. The maximum Gasteiger partial charge on any atom is 0.111 e. The third-order valence-electron chi connectivity index (χ3n) is 4.93. The molecule has 0 N–H and O–H groups in total. The Morgan fingerprint density at radius 1 is 1.30 bits per heavy atom. The lowest BCUT2D eigenvalue weighted by atomic mass is 9.69. The summed E-state index contributed by atoms with van der Waals surface area (Å²) in [5.74, 6) is 3.06. The first-order valence-electron chi connectivity index (χ1n) is 8.97. The molecule has 0 aromatic heterocycles. The molecule has 1 heterocycles. The lowest BCUT2D eigenvalue weighted by Gasteiger charge is -2.36. The molecule has 0 aromatic carbocycles. The van der Waals surface area contributed by atoms with Crippen LogP contribution in [0.3, 0.4) is 0 Å². The number of hydrogen-bond donors (Lipinski definition) is 0. The molecular weight excluding hydrogens is 280 g/mol. The van der Waals surface area contributed by atoms with E-state index in [1.165, 1.54) is 16.9 Å². The molecule has 23 heavy (non-hydrogen) atoms. The highest BCUT2D eigenvalue weighted by molar-refractivity contribution is 5.40. The molecule has 0 amide bonds. The van der Waals surface area contributed by atoms with Gasteiger partial charge in [-0.2, -0.15) is 0 Å². The molecule has 2 rings (SSSR count). The minimum absolute atomic E-state index is 0.205. The molecule has 2 unspecified atom stereocenters. The molecular formula is C22H34O. The Hall–Kier alpha value is -1.24. The van der Waals surface area contributed by atoms with Crippen LogP contribution in [0.15, 0.2) is 47.5 Å². The highest BCUT2D eigenvalue weighted by Crippen LogP contribution is 2.43. The topological polar surface area (TPSA) is 9.23 Å². The Bertz CT molecular complexity index is 558. The molecule has 0 saturated carbocycles. The van der Waals surface area contributed by atoms with Gasteiger partial charge in [0.25, 0.3) is 0 Å². The van der Waals surface area contributed by atoms with E-state index in [1.807, 2.05) is 0 Å². The predicted octanol–water partition coefficient (Wildman–Crippen LogP) is 6.80. The summed E-state index contributed by atoms with van der Waals surface area (Å²) in [5, 5.41) is 0. The van der Waals surface area contributed by atoms with Crippen LogP contribution in [0.1, 0.15) is 67.7 Å². The maximum atomic E-state index is 6.17. The van der Waals surface area contributed by atoms with Crippen LogP contribution in [0, 0.1) is 22.7 Å². The van der Waals surface area contributed by atoms with Gasteiger partial charge in [0, 0.05) is 17.9 Å². The fraction of sp³-hybridized carbons (Fsp3) is 0.636. The summed E-state index contributed by atoms with van der Waals surface area (Å²) in [5.41, 5.74) is 3.06. The summed E-state index contributed by atoms with van der Waals surface area (Å²) in [6, 6.07) is 0. The van der Waals surface area contributed by atoms with Gasteiger partial charge in [0.2, 0.25) is 0 Å². The summed E-state index contributed by atoms with van der Waals surface area (Å²) >= 11 is 0. The second-order valence-corrected chi connectivity index (χ2v) is 9.45. The number of hydrogen-bond acceptors (Lipinski definition) is 1. The second-order valence-electron chi connectivity index (χ2n) is 9.45. The van der Waals surface area contributed by atoms with E-state index in [4.69, 9.17) is 4.74 Å². The Labute approximate surface area is 143 Å². The van der Waals surface area contributed by atoms with Crippen LogP contribution in [0.2, 0.25) is 0 Å². The van der Waals surface area contributed by atoms with Gasteiger partial charge < -0.3 is 4.74 Å². The summed E-state index contributed by atoms with van der Waals surface area (Å²) in [6.07, 6.45) is 9.98. The lowest BCUT2D eigenvalue weighted by Crippen LogP contribution is -2.26. The summed E-state index contributed by atoms with van der Waals surface area (Å²) in [4.78, 5) is 0. The van der Waals surface area contributed by atoms with Crippen LogP contribution < -0.4 is 0 Å². The van der Waals surface area contributed by atoms with Gasteiger partial charge in [-0.25, -0.2) is 0 Å². The fourth-order valence-electron chi connectivity index (χ4n) is 3.59. The van der Waals surface area contributed by atoms with Gasteiger partial charge in [-0.1, -0.05) is 67.2 Å². The van der Waals surface area contributed by atoms with Gasteiger partial charge in [0.15, 0.2) is 0 Å². The first kappa shape index (κ1) is 18.1. The Kier molecular flexibility index (Phi) is 4.99. The zero-order chi connectivity index (χ0) is 17.4. The molecule has 0 radical (unpaired) electrons. The predicted molar refractivity (Wildman–Crippen MR) is 99.9 cm³/mol. The van der Waals surface area contributed by atoms with E-state index in [1.54, 1.807) is 0 Å². The van der Waals surface area contributed by atoms with Crippen molar-refractivity contribution in [3.63, 3.8) is 0 Å². The van der Waals surface area contributed by atoms with Crippen molar-refractivity contribution in [2.45, 2.75) is 67.7 Å². The normalized spacial score (nSPS) is 24.7. The van der Waals surface area contributed by atoms with E-state index in [0.717, 1.165) is 25.0 Å². The van der Waals surface area contributed by atoms with Gasteiger partial charge in [0.05, 0.1) is 0 Å². The highest BCUT2D eigenvalue weighted by atomic mass is 16.5. The molecule has 0 fully saturated rings. The van der Waals surface area contributed by atoms with E-state index < -0.39 is 0 Å². The van der Waals surface area contributed by atoms with E-state index in [0.29, 0.717) is 17.3 Å². The number of allylic oxidation sites excluding steroid dienone is 6. The zero-order valence-corrected chi connectivity index (χ0v) is 16.1. The van der Waals surface area contributed by atoms with Gasteiger partial charge in [-0.05, 0) is 41.2 Å². The van der Waals surface area contributed by atoms with Crippen molar-refractivity contribution in [3.05, 3.63) is 47.5 Å². The lowest BCUT2D eigenvalue weighted by molar-refractivity contribution is 0.198. The van der Waals surface area contributed by atoms with Gasteiger partial charge in [-0.15, -0.1) is 0 Å². The van der Waals surface area contributed by atoms with Crippen LogP contribution in [0.5, 0.6) is 0 Å². The van der Waals surface area contributed by atoms with Crippen LogP contribution in [-0.2, 0) is 4.74 Å². The molecule has 1 aliphatic heterocycles. The summed E-state index contributed by atoms with van der Waals surface area (Å²) in [7, 11) is 0. The minimum Gasteiger partial charge on any atom is -0.465 e. The first-order chi connectivity index (χ1) is 10.5. The summed E-state index contributed by atoms with van der Waals surface area (Å²) < 4.78 is 6.17. The molecule has 1 nitrogen and oxygen atoms in total. The van der Waals surface area contributed by atoms with E-state index in [9.17, 15) is 0 Å². The van der Waals surface area contributed by atoms with E-state index in [2.05, 4.69) is 73.3 Å². The molecule has 1 heteroatoms. The third kappa shape index (κ3) is 4.40. The SMILES string of the molecule is C=C(C=C1OC2=C(C=CCC2)C1C)C(CC(C)(C)C)C(C)(C)C. The number of rotatable bonds is 3. The van der Waals surface area contributed by atoms with Crippen molar-refractivity contribution in [2.24, 2.45) is 22.7 Å². The smallest absolute Gasteiger partial charge is 0.111 e. The average molecular weight is 315 g/mol. The Morgan fingerprint density at radius 2 is 1.96 bits per heavy atom. The fourth-order valence-corrected chi connectivity index (χ4v) is 3.59. The van der Waals surface area contributed by atoms with Crippen LogP contribution in [0.4, 0.5) is 0 Å². The van der Waals surface area contributed by atoms with Crippen LogP contribution >= 0.6 is 0 Å². The zero-order valence-electron chi connectivity index (χ0n) is 16.1. The second kappa shape index (κ2) is 6.34. The van der Waals surface area contributed by atoms with Crippen molar-refractivity contribution in [2.75, 3.05) is 0 Å². The highest BCUT2D eigenvalue weighted by Gasteiger charge is 2.33. The van der Waals surface area contributed by atoms with E-state index in [-0.39, 0.29) is 5.41 Å². The monoisotopic (exact) mass is 314 g/mol. The molecule has 2 aliphatic rings. The Morgan fingerprint density at radius 3 is 2.48 bits per heavy atom. The van der Waals surface area contributed by atoms with Crippen molar-refractivity contribution < 1.29 is 4.74 Å². The summed E-state index contributed by atoms with van der Waals surface area (Å²) in [6.45, 7) is 20.6. The van der Waals surface area contributed by atoms with Crippen LogP contribution in [0.25, 0.3) is 0 Å². The van der Waals surface area contributed by atoms with Gasteiger partial charge >= 0.3 is 0 Å². The van der Waals surface area contributed by atoms with Crippen molar-refractivity contribution in [1.29, 1.82) is 0 Å². The maximum absolute atomic E-state index is 6.17. The quantitative estimate of drug-likeness (QED) is 0.557. The molecule has 1 aliphatic carbocycles. The van der Waals surface area contributed by atoms with Crippen molar-refractivity contribution >= 4 is 0 Å². The van der Waals surface area contributed by atoms with Gasteiger partial charge in [-0.3, -0.25) is 0 Å². The third-order valence-corrected chi connectivity index (χ3v) is 4.93. The average Bonchev–Trinajstić information content (AvgIpc) is 2.71. The standard InChI is InChI=1S/C22H34O/c1-15(18(22(6,7)8)14-21(3,4)5)13-20-16(2)17-11-9-10-12-19(17)23-20/h9,11,13,16,18H,1,10,12,14H2,2-8H3. The number of ether oxygens (including phenoxy) is 1. The van der Waals surface area contributed by atoms with E-state index >= 15 is 0 Å². The molecule has 0 spiro atoms. The largest absolute Gasteiger partial charge is 0.465 e. The molecule has 128 valence electrons.